The third-order valence-corrected chi connectivity index (χ3v) is 5.97. The maximum atomic E-state index is 12.1. The fourth-order valence-corrected chi connectivity index (χ4v) is 4.05. The molecule has 2 aromatic carbocycles. The number of unbranched alkanes of at least 4 members (excludes halogenated alkanes) is 3. The van der Waals surface area contributed by atoms with Crippen molar-refractivity contribution >= 4 is 18.0 Å². The van der Waals surface area contributed by atoms with Crippen molar-refractivity contribution in [2.24, 2.45) is 5.92 Å². The minimum atomic E-state index is -0.917. The van der Waals surface area contributed by atoms with Crippen LogP contribution in [0.4, 0.5) is 4.79 Å². The van der Waals surface area contributed by atoms with Gasteiger partial charge in [-0.3, -0.25) is 9.59 Å². The van der Waals surface area contributed by atoms with Crippen molar-refractivity contribution in [3.63, 3.8) is 0 Å². The van der Waals surface area contributed by atoms with E-state index in [1.807, 2.05) is 24.3 Å². The first-order valence-corrected chi connectivity index (χ1v) is 11.6. The molecule has 1 unspecified atom stereocenters. The monoisotopic (exact) mass is 452 g/mol. The molecule has 0 radical (unpaired) electrons. The van der Waals surface area contributed by atoms with Crippen molar-refractivity contribution in [1.29, 1.82) is 0 Å². The number of carboxylic acid groups (broad SMARTS) is 1. The number of nitrogens with one attached hydrogen (secondary N) is 2. The van der Waals surface area contributed by atoms with Gasteiger partial charge in [0, 0.05) is 25.4 Å². The Morgan fingerprint density at radius 2 is 1.52 bits per heavy atom. The summed E-state index contributed by atoms with van der Waals surface area (Å²) in [5, 5.41) is 14.2. The van der Waals surface area contributed by atoms with E-state index in [9.17, 15) is 14.4 Å². The zero-order valence-electron chi connectivity index (χ0n) is 19.0. The first-order valence-electron chi connectivity index (χ1n) is 11.6. The summed E-state index contributed by atoms with van der Waals surface area (Å²) in [5.74, 6) is -1.58. The van der Waals surface area contributed by atoms with E-state index in [-0.39, 0.29) is 18.4 Å². The van der Waals surface area contributed by atoms with Gasteiger partial charge in [0.1, 0.15) is 6.61 Å². The highest BCUT2D eigenvalue weighted by molar-refractivity contribution is 5.79. The molecule has 0 bridgehead atoms. The summed E-state index contributed by atoms with van der Waals surface area (Å²) in [6, 6.07) is 16.5. The minimum Gasteiger partial charge on any atom is -0.481 e. The van der Waals surface area contributed by atoms with E-state index in [2.05, 4.69) is 34.9 Å². The van der Waals surface area contributed by atoms with E-state index in [1.54, 1.807) is 6.92 Å². The minimum absolute atomic E-state index is 0.0489. The molecule has 2 aromatic rings. The van der Waals surface area contributed by atoms with Crippen molar-refractivity contribution < 1.29 is 24.2 Å². The fourth-order valence-electron chi connectivity index (χ4n) is 4.05. The molecule has 7 heteroatoms. The third-order valence-electron chi connectivity index (χ3n) is 5.97. The Bertz CT molecular complexity index is 929. The highest BCUT2D eigenvalue weighted by atomic mass is 16.5. The number of amides is 2. The molecular weight excluding hydrogens is 420 g/mol. The van der Waals surface area contributed by atoms with E-state index in [0.29, 0.717) is 19.6 Å². The maximum Gasteiger partial charge on any atom is 0.407 e. The van der Waals surface area contributed by atoms with Crippen LogP contribution in [0.25, 0.3) is 11.1 Å². The molecule has 0 saturated carbocycles. The molecule has 1 aliphatic carbocycles. The van der Waals surface area contributed by atoms with E-state index in [4.69, 9.17) is 9.84 Å². The summed E-state index contributed by atoms with van der Waals surface area (Å²) < 4.78 is 5.52. The van der Waals surface area contributed by atoms with Crippen LogP contribution >= 0.6 is 0 Å². The van der Waals surface area contributed by atoms with Gasteiger partial charge in [0.25, 0.3) is 0 Å². The number of aliphatic carboxylic acids is 1. The van der Waals surface area contributed by atoms with Crippen LogP contribution in [0.2, 0.25) is 0 Å². The van der Waals surface area contributed by atoms with Gasteiger partial charge in [-0.1, -0.05) is 68.3 Å². The summed E-state index contributed by atoms with van der Waals surface area (Å²) in [6.07, 6.45) is 3.27. The molecule has 3 N–H and O–H groups in total. The molecular formula is C26H32N2O5. The average Bonchev–Trinajstić information content (AvgIpc) is 3.14. The number of benzene rings is 2. The third kappa shape index (κ3) is 6.81. The second kappa shape index (κ2) is 12.0. The van der Waals surface area contributed by atoms with Crippen LogP contribution in [0, 0.1) is 5.92 Å². The second-order valence-electron chi connectivity index (χ2n) is 8.46. The van der Waals surface area contributed by atoms with Crippen molar-refractivity contribution in [3.05, 3.63) is 59.7 Å². The predicted molar refractivity (Wildman–Crippen MR) is 126 cm³/mol. The molecule has 2 amide bonds. The van der Waals surface area contributed by atoms with Gasteiger partial charge in [0.2, 0.25) is 5.91 Å². The van der Waals surface area contributed by atoms with E-state index < -0.39 is 18.0 Å². The summed E-state index contributed by atoms with van der Waals surface area (Å²) in [5.41, 5.74) is 4.78. The number of fused-ring (bicyclic) bond motifs is 3. The smallest absolute Gasteiger partial charge is 0.407 e. The van der Waals surface area contributed by atoms with Crippen molar-refractivity contribution in [2.75, 3.05) is 19.7 Å². The molecule has 176 valence electrons. The average molecular weight is 453 g/mol. The number of alkyl carbamates (subject to hydrolysis) is 1. The number of ether oxygens (including phenoxy) is 1. The Labute approximate surface area is 194 Å². The largest absolute Gasteiger partial charge is 0.481 e. The Morgan fingerprint density at radius 3 is 2.15 bits per heavy atom. The lowest BCUT2D eigenvalue weighted by molar-refractivity contribution is -0.141. The lowest BCUT2D eigenvalue weighted by atomic mass is 9.98. The van der Waals surface area contributed by atoms with E-state index in [0.717, 1.165) is 25.7 Å². The SMILES string of the molecule is CC(CNC(=O)CCCCCCNC(=O)OCC1c2ccccc2-c2ccccc21)C(=O)O. The van der Waals surface area contributed by atoms with Crippen LogP contribution < -0.4 is 10.6 Å². The van der Waals surface area contributed by atoms with Gasteiger partial charge in [-0.05, 0) is 35.1 Å². The summed E-state index contributed by atoms with van der Waals surface area (Å²) >= 11 is 0. The Morgan fingerprint density at radius 1 is 0.909 bits per heavy atom. The molecule has 33 heavy (non-hydrogen) atoms. The zero-order chi connectivity index (χ0) is 23.6. The van der Waals surface area contributed by atoms with Crippen molar-refractivity contribution in [1.82, 2.24) is 10.6 Å². The maximum absolute atomic E-state index is 12.1. The van der Waals surface area contributed by atoms with Gasteiger partial charge in [-0.2, -0.15) is 0 Å². The molecule has 0 spiro atoms. The molecule has 0 saturated heterocycles. The van der Waals surface area contributed by atoms with Crippen LogP contribution in [0.1, 0.15) is 56.1 Å². The molecule has 1 atom stereocenters. The lowest BCUT2D eigenvalue weighted by Gasteiger charge is -2.14. The second-order valence-corrected chi connectivity index (χ2v) is 8.46. The predicted octanol–water partition coefficient (Wildman–Crippen LogP) is 4.31. The quantitative estimate of drug-likeness (QED) is 0.416. The van der Waals surface area contributed by atoms with Crippen LogP contribution in [-0.4, -0.2) is 42.8 Å². The number of rotatable bonds is 12. The molecule has 3 rings (SSSR count). The Kier molecular flexibility index (Phi) is 8.87. The summed E-state index contributed by atoms with van der Waals surface area (Å²) in [6.45, 7) is 2.54. The zero-order valence-corrected chi connectivity index (χ0v) is 19.0. The standard InChI is InChI=1S/C26H32N2O5/c1-18(25(30)31)16-28-24(29)14-4-2-3-9-15-27-26(32)33-17-23-21-12-7-5-10-19(21)20-11-6-8-13-22(20)23/h5-8,10-13,18,23H,2-4,9,14-17H2,1H3,(H,27,32)(H,28,29)(H,30,31). The highest BCUT2D eigenvalue weighted by Gasteiger charge is 2.28. The summed E-state index contributed by atoms with van der Waals surface area (Å²) in [4.78, 5) is 34.6. The van der Waals surface area contributed by atoms with Crippen LogP contribution in [-0.2, 0) is 14.3 Å². The number of carboxylic acids is 1. The molecule has 7 nitrogen and oxygen atoms in total. The van der Waals surface area contributed by atoms with E-state index >= 15 is 0 Å². The number of hydrogen-bond donors (Lipinski definition) is 3. The highest BCUT2D eigenvalue weighted by Crippen LogP contribution is 2.44. The number of carbonyl (C=O) groups is 3. The molecule has 0 heterocycles. The normalized spacial score (nSPS) is 13.0. The number of carbonyl (C=O) groups excluding carboxylic acids is 2. The van der Waals surface area contributed by atoms with Crippen molar-refractivity contribution in [2.45, 2.75) is 44.9 Å². The van der Waals surface area contributed by atoms with Crippen LogP contribution in [0.3, 0.4) is 0 Å². The van der Waals surface area contributed by atoms with Gasteiger partial charge in [0.05, 0.1) is 5.92 Å². The van der Waals surface area contributed by atoms with Gasteiger partial charge >= 0.3 is 12.1 Å². The topological polar surface area (TPSA) is 105 Å². The number of hydrogen-bond acceptors (Lipinski definition) is 4. The van der Waals surface area contributed by atoms with Crippen LogP contribution in [0.15, 0.2) is 48.5 Å². The van der Waals surface area contributed by atoms with E-state index in [1.165, 1.54) is 22.3 Å². The molecule has 1 aliphatic rings. The fraction of sp³-hybridized carbons (Fsp3) is 0.423. The van der Waals surface area contributed by atoms with Gasteiger partial charge in [-0.25, -0.2) is 4.79 Å². The van der Waals surface area contributed by atoms with Gasteiger partial charge < -0.3 is 20.5 Å². The molecule has 0 aliphatic heterocycles. The Hall–Kier alpha value is -3.35. The summed E-state index contributed by atoms with van der Waals surface area (Å²) in [7, 11) is 0. The van der Waals surface area contributed by atoms with Gasteiger partial charge in [0.15, 0.2) is 0 Å². The Balaban J connectivity index is 1.28. The lowest BCUT2D eigenvalue weighted by Crippen LogP contribution is -2.31. The first-order chi connectivity index (χ1) is 16.0. The molecule has 0 fully saturated rings. The molecule has 0 aromatic heterocycles. The van der Waals surface area contributed by atoms with Gasteiger partial charge in [-0.15, -0.1) is 0 Å². The first kappa shape index (κ1) is 24.3. The van der Waals surface area contributed by atoms with Crippen LogP contribution in [0.5, 0.6) is 0 Å². The van der Waals surface area contributed by atoms with Crippen molar-refractivity contribution in [3.8, 4) is 11.1 Å².